The Morgan fingerprint density at radius 2 is 2.06 bits per heavy atom. The van der Waals surface area contributed by atoms with E-state index in [1.807, 2.05) is 7.05 Å². The molecule has 1 aromatic carbocycles. The van der Waals surface area contributed by atoms with Crippen LogP contribution in [0.4, 0.5) is 0 Å². The molecule has 0 bridgehead atoms. The van der Waals surface area contributed by atoms with E-state index < -0.39 is 0 Å². The summed E-state index contributed by atoms with van der Waals surface area (Å²) in [4.78, 5) is 1.22. The second kappa shape index (κ2) is 5.59. The lowest BCUT2D eigenvalue weighted by molar-refractivity contribution is 0.678. The predicted molar refractivity (Wildman–Crippen MR) is 76.1 cm³/mol. The monoisotopic (exact) mass is 261 g/mol. The Kier molecular flexibility index (Phi) is 4.09. The van der Waals surface area contributed by atoms with E-state index in [1.54, 1.807) is 0 Å². The van der Waals surface area contributed by atoms with E-state index in [9.17, 15) is 0 Å². The summed E-state index contributed by atoms with van der Waals surface area (Å²) < 4.78 is 4.11. The van der Waals surface area contributed by atoms with Crippen molar-refractivity contribution in [1.29, 1.82) is 0 Å². The fourth-order valence-corrected chi connectivity index (χ4v) is 3.05. The number of nitrogens with zero attached hydrogens (tertiary/aromatic N) is 2. The van der Waals surface area contributed by atoms with Gasteiger partial charge in [-0.05, 0) is 37.0 Å². The summed E-state index contributed by atoms with van der Waals surface area (Å²) in [5, 5.41) is 7.63. The predicted octanol–water partition coefficient (Wildman–Crippen LogP) is 3.28. The van der Waals surface area contributed by atoms with E-state index in [0.717, 1.165) is 5.69 Å². The molecule has 0 saturated carbocycles. The van der Waals surface area contributed by atoms with Crippen LogP contribution in [0.15, 0.2) is 24.3 Å². The summed E-state index contributed by atoms with van der Waals surface area (Å²) in [6.45, 7) is 6.43. The summed E-state index contributed by atoms with van der Waals surface area (Å²) in [5.41, 5.74) is 3.64. The fraction of sp³-hybridized carbons (Fsp3) is 0.429. The van der Waals surface area contributed by atoms with Crippen LogP contribution < -0.4 is 5.32 Å². The Bertz CT molecular complexity index is 519. The Hall–Kier alpha value is -1.26. The Morgan fingerprint density at radius 3 is 2.67 bits per heavy atom. The summed E-state index contributed by atoms with van der Waals surface area (Å²) in [7, 11) is 1.98. The summed E-state index contributed by atoms with van der Waals surface area (Å²) in [6, 6.07) is 8.76. The minimum absolute atomic E-state index is 0.183. The van der Waals surface area contributed by atoms with Crippen LogP contribution in [-0.4, -0.2) is 16.6 Å². The molecule has 0 radical (unpaired) electrons. The highest BCUT2D eigenvalue weighted by molar-refractivity contribution is 7.05. The third-order valence-corrected chi connectivity index (χ3v) is 3.82. The van der Waals surface area contributed by atoms with Gasteiger partial charge in [0.05, 0.1) is 16.6 Å². The molecule has 96 valence electrons. The molecule has 0 amide bonds. The molecule has 4 heteroatoms. The number of rotatable bonds is 4. The Morgan fingerprint density at radius 1 is 1.28 bits per heavy atom. The van der Waals surface area contributed by atoms with Crippen molar-refractivity contribution in [1.82, 2.24) is 14.9 Å². The average molecular weight is 261 g/mol. The molecular weight excluding hydrogens is 242 g/mol. The van der Waals surface area contributed by atoms with Crippen molar-refractivity contribution in [2.45, 2.75) is 32.7 Å². The molecule has 1 atom stereocenters. The molecule has 0 aliphatic rings. The van der Waals surface area contributed by atoms with Gasteiger partial charge < -0.3 is 5.32 Å². The third kappa shape index (κ3) is 2.60. The molecule has 1 aromatic heterocycles. The van der Waals surface area contributed by atoms with Gasteiger partial charge in [0.2, 0.25) is 0 Å². The van der Waals surface area contributed by atoms with Gasteiger partial charge in [-0.15, -0.1) is 5.10 Å². The van der Waals surface area contributed by atoms with Crippen molar-refractivity contribution in [2.75, 3.05) is 7.05 Å². The molecule has 0 spiro atoms. The molecule has 1 heterocycles. The SMILES string of the molecule is CNC(c1cccc(C)c1)c1snnc1C(C)C. The van der Waals surface area contributed by atoms with E-state index in [2.05, 4.69) is 59.9 Å². The van der Waals surface area contributed by atoms with Gasteiger partial charge in [-0.25, -0.2) is 0 Å². The normalized spacial score (nSPS) is 12.9. The number of nitrogens with one attached hydrogen (secondary N) is 1. The van der Waals surface area contributed by atoms with Crippen molar-refractivity contribution >= 4 is 11.5 Å². The lowest BCUT2D eigenvalue weighted by Gasteiger charge is -2.17. The quantitative estimate of drug-likeness (QED) is 0.918. The lowest BCUT2D eigenvalue weighted by atomic mass is 9.99. The van der Waals surface area contributed by atoms with Crippen LogP contribution in [0.5, 0.6) is 0 Å². The van der Waals surface area contributed by atoms with Crippen LogP contribution in [0.2, 0.25) is 0 Å². The van der Waals surface area contributed by atoms with E-state index in [1.165, 1.54) is 27.5 Å². The first kappa shape index (κ1) is 13.2. The van der Waals surface area contributed by atoms with E-state index in [4.69, 9.17) is 0 Å². The molecule has 0 aliphatic carbocycles. The number of hydrogen-bond donors (Lipinski definition) is 1. The fourth-order valence-electron chi connectivity index (χ4n) is 2.10. The third-order valence-electron chi connectivity index (χ3n) is 3.01. The first-order chi connectivity index (χ1) is 8.63. The van der Waals surface area contributed by atoms with E-state index >= 15 is 0 Å². The maximum atomic E-state index is 4.26. The van der Waals surface area contributed by atoms with Crippen molar-refractivity contribution in [3.05, 3.63) is 46.0 Å². The van der Waals surface area contributed by atoms with Gasteiger partial charge in [0.15, 0.2) is 0 Å². The molecule has 0 saturated heterocycles. The molecular formula is C14H19N3S. The van der Waals surface area contributed by atoms with Crippen LogP contribution in [0.1, 0.15) is 47.5 Å². The lowest BCUT2D eigenvalue weighted by Crippen LogP contribution is -2.18. The smallest absolute Gasteiger partial charge is 0.0832 e. The molecule has 2 rings (SSSR count). The van der Waals surface area contributed by atoms with Gasteiger partial charge in [-0.2, -0.15) is 0 Å². The molecule has 0 aliphatic heterocycles. The van der Waals surface area contributed by atoms with Gasteiger partial charge >= 0.3 is 0 Å². The van der Waals surface area contributed by atoms with Crippen molar-refractivity contribution in [3.8, 4) is 0 Å². The van der Waals surface area contributed by atoms with Crippen molar-refractivity contribution in [2.24, 2.45) is 0 Å². The van der Waals surface area contributed by atoms with Crippen LogP contribution in [0, 0.1) is 6.92 Å². The molecule has 18 heavy (non-hydrogen) atoms. The summed E-state index contributed by atoms with van der Waals surface area (Å²) in [5.74, 6) is 0.402. The molecule has 2 aromatic rings. The van der Waals surface area contributed by atoms with Gasteiger partial charge in [-0.3, -0.25) is 0 Å². The zero-order valence-corrected chi connectivity index (χ0v) is 12.1. The van der Waals surface area contributed by atoms with E-state index in [0.29, 0.717) is 5.92 Å². The second-order valence-corrected chi connectivity index (χ2v) is 5.60. The second-order valence-electron chi connectivity index (χ2n) is 4.81. The first-order valence-electron chi connectivity index (χ1n) is 6.19. The zero-order valence-electron chi connectivity index (χ0n) is 11.3. The van der Waals surface area contributed by atoms with Crippen molar-refractivity contribution in [3.63, 3.8) is 0 Å². The highest BCUT2D eigenvalue weighted by Gasteiger charge is 2.21. The minimum Gasteiger partial charge on any atom is -0.309 e. The molecule has 1 unspecified atom stereocenters. The van der Waals surface area contributed by atoms with Crippen LogP contribution in [0.3, 0.4) is 0 Å². The molecule has 0 fully saturated rings. The Balaban J connectivity index is 2.42. The number of aryl methyl sites for hydroxylation is 1. The number of aromatic nitrogens is 2. The maximum absolute atomic E-state index is 4.26. The van der Waals surface area contributed by atoms with Crippen LogP contribution in [-0.2, 0) is 0 Å². The summed E-state index contributed by atoms with van der Waals surface area (Å²) >= 11 is 1.49. The highest BCUT2D eigenvalue weighted by atomic mass is 32.1. The number of benzene rings is 1. The minimum atomic E-state index is 0.183. The molecule has 1 N–H and O–H groups in total. The van der Waals surface area contributed by atoms with E-state index in [-0.39, 0.29) is 6.04 Å². The van der Waals surface area contributed by atoms with Crippen LogP contribution >= 0.6 is 11.5 Å². The standard InChI is InChI=1S/C14H19N3S/c1-9(2)12-14(18-17-16-12)13(15-4)11-7-5-6-10(3)8-11/h5-9,13,15H,1-4H3. The average Bonchev–Trinajstić information content (AvgIpc) is 2.79. The summed E-state index contributed by atoms with van der Waals surface area (Å²) in [6.07, 6.45) is 0. The largest absolute Gasteiger partial charge is 0.309 e. The van der Waals surface area contributed by atoms with Crippen LogP contribution in [0.25, 0.3) is 0 Å². The zero-order chi connectivity index (χ0) is 13.1. The van der Waals surface area contributed by atoms with Gasteiger partial charge in [-0.1, -0.05) is 48.2 Å². The topological polar surface area (TPSA) is 37.8 Å². The Labute approximate surface area is 112 Å². The maximum Gasteiger partial charge on any atom is 0.0832 e. The van der Waals surface area contributed by atoms with Crippen molar-refractivity contribution < 1.29 is 0 Å². The highest BCUT2D eigenvalue weighted by Crippen LogP contribution is 2.30. The van der Waals surface area contributed by atoms with Gasteiger partial charge in [0.25, 0.3) is 0 Å². The first-order valence-corrected chi connectivity index (χ1v) is 6.96. The van der Waals surface area contributed by atoms with Gasteiger partial charge in [0, 0.05) is 0 Å². The number of hydrogen-bond acceptors (Lipinski definition) is 4. The molecule has 3 nitrogen and oxygen atoms in total. The van der Waals surface area contributed by atoms with Gasteiger partial charge in [0.1, 0.15) is 0 Å².